The van der Waals surface area contributed by atoms with Gasteiger partial charge in [0, 0.05) is 23.6 Å². The van der Waals surface area contributed by atoms with Crippen molar-refractivity contribution in [2.24, 2.45) is 5.16 Å². The number of thiazole rings is 1. The number of rotatable bonds is 6. The number of nitrogens with two attached hydrogens (primary N) is 1. The van der Waals surface area contributed by atoms with Crippen LogP contribution in [-0.4, -0.2) is 68.3 Å². The van der Waals surface area contributed by atoms with Gasteiger partial charge in [0.15, 0.2) is 10.8 Å². The van der Waals surface area contributed by atoms with Crippen LogP contribution in [0.3, 0.4) is 0 Å². The van der Waals surface area contributed by atoms with Gasteiger partial charge in [-0.3, -0.25) is 19.3 Å². The van der Waals surface area contributed by atoms with Gasteiger partial charge in [-0.1, -0.05) is 5.16 Å². The molecule has 30 heavy (non-hydrogen) atoms. The molecule has 2 atom stereocenters. The Hall–Kier alpha value is -2.13. The van der Waals surface area contributed by atoms with Gasteiger partial charge in [-0.25, -0.2) is 4.98 Å². The third-order valence-electron chi connectivity index (χ3n) is 4.06. The minimum atomic E-state index is -1.59. The van der Waals surface area contributed by atoms with Crippen molar-refractivity contribution in [2.45, 2.75) is 18.3 Å². The van der Waals surface area contributed by atoms with Gasteiger partial charge in [-0.05, 0) is 0 Å². The Morgan fingerprint density at radius 1 is 1.50 bits per heavy atom. The number of amides is 2. The van der Waals surface area contributed by atoms with Crippen molar-refractivity contribution in [3.63, 3.8) is 0 Å². The normalized spacial score (nSPS) is 20.6. The molecule has 1 aromatic heterocycles. The number of anilines is 1. The second-order valence-corrected chi connectivity index (χ2v) is 7.90. The number of carbonyl (C=O) groups is 4. The summed E-state index contributed by atoms with van der Waals surface area (Å²) in [6, 6.07) is -1.05. The fraction of sp³-hybridized carbons (Fsp3) is 0.333. The Kier molecular flexibility index (Phi) is 7.87. The van der Waals surface area contributed by atoms with Crippen LogP contribution in [0, 0.1) is 0 Å². The third-order valence-corrected chi connectivity index (χ3v) is 6.07. The summed E-state index contributed by atoms with van der Waals surface area (Å²) in [5.41, 5.74) is 4.93. The first kappa shape index (κ1) is 24.1. The number of carboxylic acids is 1. The molecule has 2 aliphatic rings. The first-order chi connectivity index (χ1) is 13.7. The SMILES string of the molecule is CC(=O)OCC1=C(C(=O)[O-])N2C(=O)C(NC(=O)/C(=N\O)c3csc(N)n3)[C@H]2SC1.[Na+]. The van der Waals surface area contributed by atoms with Gasteiger partial charge in [-0.15, -0.1) is 23.1 Å². The van der Waals surface area contributed by atoms with E-state index in [1.807, 2.05) is 0 Å². The smallest absolute Gasteiger partial charge is 0.543 e. The van der Waals surface area contributed by atoms with Crippen LogP contribution in [0.15, 0.2) is 21.8 Å². The molecule has 0 saturated carbocycles. The predicted octanol–water partition coefficient (Wildman–Crippen LogP) is -5.13. The quantitative estimate of drug-likeness (QED) is 0.0919. The molecule has 4 N–H and O–H groups in total. The average molecular weight is 463 g/mol. The van der Waals surface area contributed by atoms with Crippen molar-refractivity contribution < 1.29 is 63.8 Å². The summed E-state index contributed by atoms with van der Waals surface area (Å²) < 4.78 is 4.82. The third kappa shape index (κ3) is 4.62. The first-order valence-corrected chi connectivity index (χ1v) is 9.93. The molecular formula is C15H14N5NaO7S2. The van der Waals surface area contributed by atoms with Crippen molar-refractivity contribution in [1.82, 2.24) is 15.2 Å². The summed E-state index contributed by atoms with van der Waals surface area (Å²) in [6.07, 6.45) is 0. The number of esters is 1. The molecule has 1 fully saturated rings. The fourth-order valence-corrected chi connectivity index (χ4v) is 4.67. The van der Waals surface area contributed by atoms with Crippen LogP contribution in [-0.2, 0) is 23.9 Å². The van der Waals surface area contributed by atoms with Crippen LogP contribution in [0.1, 0.15) is 12.6 Å². The van der Waals surface area contributed by atoms with Crippen molar-refractivity contribution in [3.05, 3.63) is 22.3 Å². The van der Waals surface area contributed by atoms with Crippen LogP contribution in [0.4, 0.5) is 5.13 Å². The minimum Gasteiger partial charge on any atom is -0.543 e. The topological polar surface area (TPSA) is 187 Å². The molecule has 0 spiro atoms. The van der Waals surface area contributed by atoms with Gasteiger partial charge in [0.05, 0.1) is 11.7 Å². The minimum absolute atomic E-state index is 0. The van der Waals surface area contributed by atoms with Crippen molar-refractivity contribution in [3.8, 4) is 0 Å². The second kappa shape index (κ2) is 9.78. The Morgan fingerprint density at radius 3 is 2.73 bits per heavy atom. The number of carboxylic acid groups (broad SMARTS) is 1. The maximum Gasteiger partial charge on any atom is 1.00 e. The number of nitrogen functional groups attached to an aromatic ring is 1. The van der Waals surface area contributed by atoms with E-state index in [1.54, 1.807) is 0 Å². The van der Waals surface area contributed by atoms with Crippen LogP contribution in [0.5, 0.6) is 0 Å². The number of β-lactam (4-membered cyclic amide) rings is 1. The zero-order chi connectivity index (χ0) is 21.3. The Balaban J connectivity index is 0.00000320. The molecule has 0 bridgehead atoms. The van der Waals surface area contributed by atoms with Gasteiger partial charge in [0.1, 0.15) is 23.7 Å². The zero-order valence-electron chi connectivity index (χ0n) is 15.8. The maximum absolute atomic E-state index is 12.5. The number of fused-ring (bicyclic) bond motifs is 1. The average Bonchev–Trinajstić information content (AvgIpc) is 3.09. The summed E-state index contributed by atoms with van der Waals surface area (Å²) in [5, 5.41) is 26.9. The summed E-state index contributed by atoms with van der Waals surface area (Å²) >= 11 is 2.22. The van der Waals surface area contributed by atoms with Gasteiger partial charge in [0.2, 0.25) is 0 Å². The molecule has 2 amide bonds. The molecule has 0 radical (unpaired) electrons. The summed E-state index contributed by atoms with van der Waals surface area (Å²) in [5.74, 6) is -3.60. The number of thioether (sulfide) groups is 1. The monoisotopic (exact) mass is 463 g/mol. The van der Waals surface area contributed by atoms with E-state index in [0.29, 0.717) is 0 Å². The molecule has 1 aromatic rings. The molecule has 15 heteroatoms. The van der Waals surface area contributed by atoms with Crippen LogP contribution >= 0.6 is 23.1 Å². The molecular weight excluding hydrogens is 449 g/mol. The molecule has 0 aliphatic carbocycles. The van der Waals surface area contributed by atoms with Gasteiger partial charge in [-0.2, -0.15) is 0 Å². The van der Waals surface area contributed by atoms with Crippen LogP contribution in [0.2, 0.25) is 0 Å². The number of hydrogen-bond donors (Lipinski definition) is 3. The van der Waals surface area contributed by atoms with Crippen molar-refractivity contribution in [2.75, 3.05) is 18.1 Å². The van der Waals surface area contributed by atoms with E-state index in [9.17, 15) is 24.3 Å². The number of ether oxygens (including phenoxy) is 1. The largest absolute Gasteiger partial charge is 1.00 e. The standard InChI is InChI=1S/C15H15N5O7S2.Na/c1-5(21)27-2-6-3-28-13-9(12(23)20(13)10(6)14(24)25)18-11(22)8(19-26)7-4-29-15(16)17-7;/h4,9,13,26H,2-3H2,1H3,(H2,16,17)(H,18,22)(H,24,25);/q;+1/p-1/b19-8-;/t9?,13-;/m1./s1. The van der Waals surface area contributed by atoms with E-state index in [1.165, 1.54) is 24.1 Å². The number of aromatic nitrogens is 1. The maximum atomic E-state index is 12.5. The number of hydrogen-bond acceptors (Lipinski definition) is 12. The number of oxime groups is 1. The van der Waals surface area contributed by atoms with Gasteiger partial charge in [0.25, 0.3) is 11.8 Å². The van der Waals surface area contributed by atoms with E-state index < -0.39 is 40.9 Å². The van der Waals surface area contributed by atoms with Crippen LogP contribution < -0.4 is 45.7 Å². The van der Waals surface area contributed by atoms with Crippen molar-refractivity contribution >= 4 is 57.7 Å². The number of nitrogens with one attached hydrogen (secondary N) is 1. The molecule has 1 unspecified atom stereocenters. The molecule has 2 aliphatic heterocycles. The number of aliphatic carboxylic acids is 1. The van der Waals surface area contributed by atoms with Crippen molar-refractivity contribution in [1.29, 1.82) is 0 Å². The van der Waals surface area contributed by atoms with E-state index in [0.717, 1.165) is 16.2 Å². The van der Waals surface area contributed by atoms with E-state index in [-0.39, 0.29) is 64.0 Å². The second-order valence-electron chi connectivity index (χ2n) is 5.90. The molecule has 3 rings (SSSR count). The molecule has 0 aromatic carbocycles. The van der Waals surface area contributed by atoms with E-state index >= 15 is 0 Å². The number of carbonyl (C=O) groups excluding carboxylic acids is 4. The van der Waals surface area contributed by atoms with Gasteiger partial charge < -0.3 is 30.9 Å². The number of nitrogens with zero attached hydrogens (tertiary/aromatic N) is 3. The molecule has 12 nitrogen and oxygen atoms in total. The Labute approximate surface area is 199 Å². The molecule has 3 heterocycles. The first-order valence-electron chi connectivity index (χ1n) is 8.00. The zero-order valence-corrected chi connectivity index (χ0v) is 19.4. The fourth-order valence-electron chi connectivity index (χ4n) is 2.79. The summed E-state index contributed by atoms with van der Waals surface area (Å²) in [7, 11) is 0. The molecule has 154 valence electrons. The van der Waals surface area contributed by atoms with E-state index in [2.05, 4.69) is 15.5 Å². The Bertz CT molecular complexity index is 963. The van der Waals surface area contributed by atoms with Gasteiger partial charge >= 0.3 is 35.5 Å². The predicted molar refractivity (Wildman–Crippen MR) is 98.5 cm³/mol. The summed E-state index contributed by atoms with van der Waals surface area (Å²) in [6.45, 7) is 0.889. The Morgan fingerprint density at radius 2 is 2.20 bits per heavy atom. The molecule has 1 saturated heterocycles. The van der Waals surface area contributed by atoms with Crippen LogP contribution in [0.25, 0.3) is 0 Å². The van der Waals surface area contributed by atoms with E-state index in [4.69, 9.17) is 15.7 Å². The summed E-state index contributed by atoms with van der Waals surface area (Å²) in [4.78, 5) is 52.3.